The quantitative estimate of drug-likeness (QED) is 0.715. The minimum atomic E-state index is 0.347. The molecule has 118 valence electrons. The van der Waals surface area contributed by atoms with Crippen LogP contribution in [0.2, 0.25) is 0 Å². The molecule has 0 aliphatic carbocycles. The molecule has 0 bridgehead atoms. The largest absolute Gasteiger partial charge is 0.420 e. The average molecular weight is 333 g/mol. The SMILES string of the molecule is N#Cc1nc(/C=C/c2cccs2)oc1N1CCc2ccccc2C1. The summed E-state index contributed by atoms with van der Waals surface area (Å²) in [5, 5.41) is 11.4. The first-order valence-corrected chi connectivity index (χ1v) is 8.66. The molecule has 24 heavy (non-hydrogen) atoms. The topological polar surface area (TPSA) is 53.1 Å². The van der Waals surface area contributed by atoms with Gasteiger partial charge in [-0.3, -0.25) is 0 Å². The number of rotatable bonds is 3. The molecule has 0 atom stereocenters. The lowest BCUT2D eigenvalue weighted by molar-refractivity contribution is 0.520. The molecule has 0 N–H and O–H groups in total. The lowest BCUT2D eigenvalue weighted by Gasteiger charge is -2.28. The maximum absolute atomic E-state index is 9.39. The first-order valence-electron chi connectivity index (χ1n) is 7.78. The molecule has 2 aromatic heterocycles. The van der Waals surface area contributed by atoms with Crippen molar-refractivity contribution in [1.29, 1.82) is 5.26 Å². The molecule has 5 heteroatoms. The fraction of sp³-hybridized carbons (Fsp3) is 0.158. The van der Waals surface area contributed by atoms with Crippen molar-refractivity contribution in [2.75, 3.05) is 11.4 Å². The highest BCUT2D eigenvalue weighted by atomic mass is 32.1. The normalized spacial score (nSPS) is 13.9. The summed E-state index contributed by atoms with van der Waals surface area (Å²) in [6.45, 7) is 1.57. The predicted molar refractivity (Wildman–Crippen MR) is 95.7 cm³/mol. The Bertz CT molecular complexity index is 918. The smallest absolute Gasteiger partial charge is 0.235 e. The Morgan fingerprint density at radius 3 is 2.83 bits per heavy atom. The second kappa shape index (κ2) is 6.34. The highest BCUT2D eigenvalue weighted by molar-refractivity contribution is 7.10. The summed E-state index contributed by atoms with van der Waals surface area (Å²) in [6.07, 6.45) is 4.71. The van der Waals surface area contributed by atoms with Crippen LogP contribution in [-0.2, 0) is 13.0 Å². The van der Waals surface area contributed by atoms with Crippen LogP contribution in [0.15, 0.2) is 46.2 Å². The van der Waals surface area contributed by atoms with Gasteiger partial charge in [0.2, 0.25) is 17.5 Å². The van der Waals surface area contributed by atoms with Crippen LogP contribution >= 0.6 is 11.3 Å². The Morgan fingerprint density at radius 1 is 1.17 bits per heavy atom. The van der Waals surface area contributed by atoms with Crippen LogP contribution in [0.4, 0.5) is 5.88 Å². The van der Waals surface area contributed by atoms with Gasteiger partial charge in [0.05, 0.1) is 0 Å². The second-order valence-corrected chi connectivity index (χ2v) is 6.59. The molecule has 1 aliphatic rings. The van der Waals surface area contributed by atoms with Crippen LogP contribution < -0.4 is 4.90 Å². The first-order chi connectivity index (χ1) is 11.8. The van der Waals surface area contributed by atoms with E-state index in [0.717, 1.165) is 24.4 Å². The fourth-order valence-corrected chi connectivity index (χ4v) is 3.51. The van der Waals surface area contributed by atoms with E-state index in [-0.39, 0.29) is 0 Å². The van der Waals surface area contributed by atoms with Gasteiger partial charge in [-0.05, 0) is 35.1 Å². The summed E-state index contributed by atoms with van der Waals surface area (Å²) >= 11 is 1.65. The summed E-state index contributed by atoms with van der Waals surface area (Å²) in [7, 11) is 0. The van der Waals surface area contributed by atoms with E-state index in [2.05, 4.69) is 34.2 Å². The van der Waals surface area contributed by atoms with Gasteiger partial charge in [0.15, 0.2) is 0 Å². The summed E-state index contributed by atoms with van der Waals surface area (Å²) in [4.78, 5) is 7.53. The minimum Gasteiger partial charge on any atom is -0.420 e. The molecule has 0 unspecified atom stereocenters. The zero-order chi connectivity index (χ0) is 16.4. The van der Waals surface area contributed by atoms with Gasteiger partial charge in [0, 0.05) is 24.0 Å². The summed E-state index contributed by atoms with van der Waals surface area (Å²) in [6, 6.07) is 14.6. The number of benzene rings is 1. The Labute approximate surface area is 144 Å². The summed E-state index contributed by atoms with van der Waals surface area (Å²) in [5.41, 5.74) is 2.99. The Morgan fingerprint density at radius 2 is 2.04 bits per heavy atom. The Kier molecular flexibility index (Phi) is 3.89. The summed E-state index contributed by atoms with van der Waals surface area (Å²) < 4.78 is 5.87. The third-order valence-corrected chi connectivity index (χ3v) is 4.92. The van der Waals surface area contributed by atoms with Gasteiger partial charge >= 0.3 is 0 Å². The van der Waals surface area contributed by atoms with Crippen molar-refractivity contribution < 1.29 is 4.42 Å². The van der Waals surface area contributed by atoms with E-state index < -0.39 is 0 Å². The number of oxazole rings is 1. The predicted octanol–water partition coefficient (Wildman–Crippen LogP) is 4.34. The molecule has 0 saturated heterocycles. The summed E-state index contributed by atoms with van der Waals surface area (Å²) in [5.74, 6) is 1.03. The van der Waals surface area contributed by atoms with Gasteiger partial charge in [-0.1, -0.05) is 30.3 Å². The number of anilines is 1. The Hall–Kier alpha value is -2.84. The lowest BCUT2D eigenvalue weighted by Crippen LogP contribution is -2.30. The zero-order valence-corrected chi connectivity index (χ0v) is 13.8. The highest BCUT2D eigenvalue weighted by Gasteiger charge is 2.23. The van der Waals surface area contributed by atoms with Crippen molar-refractivity contribution >= 4 is 29.4 Å². The van der Waals surface area contributed by atoms with Gasteiger partial charge in [0.1, 0.15) is 6.07 Å². The number of thiophene rings is 1. The van der Waals surface area contributed by atoms with Crippen molar-refractivity contribution in [2.45, 2.75) is 13.0 Å². The van der Waals surface area contributed by atoms with E-state index >= 15 is 0 Å². The third-order valence-electron chi connectivity index (χ3n) is 4.08. The van der Waals surface area contributed by atoms with Crippen LogP contribution in [-0.4, -0.2) is 11.5 Å². The molecule has 4 nitrogen and oxygen atoms in total. The molecule has 3 heterocycles. The van der Waals surface area contributed by atoms with Crippen LogP contribution in [0.1, 0.15) is 27.6 Å². The van der Waals surface area contributed by atoms with Crippen LogP contribution in [0.25, 0.3) is 12.2 Å². The molecule has 0 amide bonds. The third kappa shape index (κ3) is 2.84. The number of aromatic nitrogens is 1. The van der Waals surface area contributed by atoms with E-state index in [0.29, 0.717) is 17.5 Å². The maximum atomic E-state index is 9.39. The van der Waals surface area contributed by atoms with Gasteiger partial charge < -0.3 is 9.32 Å². The molecule has 0 saturated carbocycles. The second-order valence-electron chi connectivity index (χ2n) is 5.61. The van der Waals surface area contributed by atoms with Crippen LogP contribution in [0.5, 0.6) is 0 Å². The van der Waals surface area contributed by atoms with Crippen molar-refractivity contribution in [2.24, 2.45) is 0 Å². The molecular weight excluding hydrogens is 318 g/mol. The molecule has 1 aliphatic heterocycles. The fourth-order valence-electron chi connectivity index (χ4n) is 2.90. The standard InChI is InChI=1S/C19H15N3OS/c20-12-17-19(22-10-9-14-4-1-2-5-15(14)13-22)23-18(21-17)8-7-16-6-3-11-24-16/h1-8,11H,9-10,13H2/b8-7+. The van der Waals surface area contributed by atoms with Crippen molar-refractivity contribution in [3.8, 4) is 6.07 Å². The Balaban J connectivity index is 1.61. The van der Waals surface area contributed by atoms with E-state index in [1.807, 2.05) is 35.7 Å². The maximum Gasteiger partial charge on any atom is 0.235 e. The molecule has 3 aromatic rings. The number of nitriles is 1. The first kappa shape index (κ1) is 14.7. The lowest BCUT2D eigenvalue weighted by atomic mass is 10.00. The van der Waals surface area contributed by atoms with Gasteiger partial charge in [0.25, 0.3) is 0 Å². The van der Waals surface area contributed by atoms with Gasteiger partial charge in [-0.15, -0.1) is 11.3 Å². The average Bonchev–Trinajstić information content (AvgIpc) is 3.29. The highest BCUT2D eigenvalue weighted by Crippen LogP contribution is 2.28. The number of hydrogen-bond acceptors (Lipinski definition) is 5. The van der Waals surface area contributed by atoms with Crippen molar-refractivity contribution in [3.05, 3.63) is 69.4 Å². The van der Waals surface area contributed by atoms with E-state index in [1.54, 1.807) is 11.3 Å². The van der Waals surface area contributed by atoms with Gasteiger partial charge in [-0.25, -0.2) is 0 Å². The molecule has 1 aromatic carbocycles. The van der Waals surface area contributed by atoms with Crippen molar-refractivity contribution in [1.82, 2.24) is 4.98 Å². The van der Waals surface area contributed by atoms with E-state index in [1.165, 1.54) is 11.1 Å². The number of fused-ring (bicyclic) bond motifs is 1. The zero-order valence-electron chi connectivity index (χ0n) is 13.0. The number of nitrogens with zero attached hydrogens (tertiary/aromatic N) is 3. The van der Waals surface area contributed by atoms with Crippen LogP contribution in [0, 0.1) is 11.3 Å². The van der Waals surface area contributed by atoms with Crippen LogP contribution in [0.3, 0.4) is 0 Å². The molecule has 0 radical (unpaired) electrons. The number of hydrogen-bond donors (Lipinski definition) is 0. The minimum absolute atomic E-state index is 0.347. The van der Waals surface area contributed by atoms with E-state index in [4.69, 9.17) is 4.42 Å². The molecule has 4 rings (SSSR count). The van der Waals surface area contributed by atoms with Gasteiger partial charge in [-0.2, -0.15) is 10.2 Å². The van der Waals surface area contributed by atoms with Crippen molar-refractivity contribution in [3.63, 3.8) is 0 Å². The van der Waals surface area contributed by atoms with E-state index in [9.17, 15) is 5.26 Å². The molecule has 0 fully saturated rings. The molecule has 0 spiro atoms. The molecular formula is C19H15N3OS. The monoisotopic (exact) mass is 333 g/mol.